The van der Waals surface area contributed by atoms with Crippen LogP contribution in [0.2, 0.25) is 0 Å². The van der Waals surface area contributed by atoms with E-state index in [0.717, 1.165) is 23.6 Å². The standard InChI is InChI=1S/C10H11N3O/c1-11-6-9-2-3-10(14-9)8-4-12-7-13-5-8/h2-5,7,11H,6H2,1H3. The number of aromatic nitrogens is 2. The van der Waals surface area contributed by atoms with Crippen molar-refractivity contribution in [3.63, 3.8) is 0 Å². The van der Waals surface area contributed by atoms with E-state index in [9.17, 15) is 0 Å². The Hall–Kier alpha value is -1.68. The van der Waals surface area contributed by atoms with Crippen molar-refractivity contribution in [2.24, 2.45) is 0 Å². The molecule has 0 fully saturated rings. The van der Waals surface area contributed by atoms with Gasteiger partial charge in [-0.05, 0) is 19.2 Å². The molecule has 2 aromatic rings. The van der Waals surface area contributed by atoms with Crippen LogP contribution in [0.4, 0.5) is 0 Å². The van der Waals surface area contributed by atoms with Crippen molar-refractivity contribution in [3.05, 3.63) is 36.6 Å². The van der Waals surface area contributed by atoms with E-state index in [4.69, 9.17) is 4.42 Å². The summed E-state index contributed by atoms with van der Waals surface area (Å²) in [6.07, 6.45) is 4.96. The molecule has 2 rings (SSSR count). The molecule has 0 spiro atoms. The van der Waals surface area contributed by atoms with Gasteiger partial charge < -0.3 is 9.73 Å². The van der Waals surface area contributed by atoms with Gasteiger partial charge in [-0.15, -0.1) is 0 Å². The Morgan fingerprint density at radius 2 is 2.07 bits per heavy atom. The van der Waals surface area contributed by atoms with Crippen molar-refractivity contribution >= 4 is 0 Å². The summed E-state index contributed by atoms with van der Waals surface area (Å²) in [6, 6.07) is 3.87. The van der Waals surface area contributed by atoms with Crippen molar-refractivity contribution in [3.8, 4) is 11.3 Å². The number of hydrogen-bond acceptors (Lipinski definition) is 4. The molecular formula is C10H11N3O. The lowest BCUT2D eigenvalue weighted by Crippen LogP contribution is -2.03. The average molecular weight is 189 g/mol. The minimum atomic E-state index is 0.730. The van der Waals surface area contributed by atoms with Crippen LogP contribution in [0, 0.1) is 0 Å². The lowest BCUT2D eigenvalue weighted by Gasteiger charge is -1.95. The van der Waals surface area contributed by atoms with E-state index in [1.165, 1.54) is 6.33 Å². The first-order chi connectivity index (χ1) is 6.90. The molecule has 14 heavy (non-hydrogen) atoms. The van der Waals surface area contributed by atoms with Crippen LogP contribution in [-0.2, 0) is 6.54 Å². The molecule has 0 aliphatic rings. The molecule has 0 aliphatic heterocycles. The van der Waals surface area contributed by atoms with Crippen LogP contribution < -0.4 is 5.32 Å². The summed E-state index contributed by atoms with van der Waals surface area (Å²) >= 11 is 0. The highest BCUT2D eigenvalue weighted by atomic mass is 16.3. The normalized spacial score (nSPS) is 10.4. The lowest BCUT2D eigenvalue weighted by atomic mass is 10.3. The number of rotatable bonds is 3. The monoisotopic (exact) mass is 189 g/mol. The van der Waals surface area contributed by atoms with E-state index in [-0.39, 0.29) is 0 Å². The number of nitrogens with zero attached hydrogens (tertiary/aromatic N) is 2. The maximum Gasteiger partial charge on any atom is 0.137 e. The van der Waals surface area contributed by atoms with E-state index in [2.05, 4.69) is 15.3 Å². The summed E-state index contributed by atoms with van der Waals surface area (Å²) in [7, 11) is 1.88. The molecular weight excluding hydrogens is 178 g/mol. The molecule has 0 aliphatic carbocycles. The Morgan fingerprint density at radius 1 is 1.29 bits per heavy atom. The zero-order valence-corrected chi connectivity index (χ0v) is 7.90. The summed E-state index contributed by atoms with van der Waals surface area (Å²) in [5, 5.41) is 3.02. The first-order valence-corrected chi connectivity index (χ1v) is 4.39. The van der Waals surface area contributed by atoms with Crippen molar-refractivity contribution in [2.45, 2.75) is 6.54 Å². The van der Waals surface area contributed by atoms with E-state index in [0.29, 0.717) is 0 Å². The van der Waals surface area contributed by atoms with Crippen LogP contribution in [0.5, 0.6) is 0 Å². The van der Waals surface area contributed by atoms with Gasteiger partial charge in [0.05, 0.1) is 12.1 Å². The molecule has 0 unspecified atom stereocenters. The topological polar surface area (TPSA) is 51.0 Å². The SMILES string of the molecule is CNCc1ccc(-c2cncnc2)o1. The van der Waals surface area contributed by atoms with Gasteiger partial charge in [0.25, 0.3) is 0 Å². The first kappa shape index (κ1) is 8.90. The minimum absolute atomic E-state index is 0.730. The summed E-state index contributed by atoms with van der Waals surface area (Å²) in [6.45, 7) is 0.730. The van der Waals surface area contributed by atoms with Crippen molar-refractivity contribution < 1.29 is 4.42 Å². The fourth-order valence-corrected chi connectivity index (χ4v) is 1.23. The molecule has 0 radical (unpaired) electrons. The van der Waals surface area contributed by atoms with Gasteiger partial charge in [0.2, 0.25) is 0 Å². The lowest BCUT2D eigenvalue weighted by molar-refractivity contribution is 0.507. The molecule has 4 heteroatoms. The molecule has 4 nitrogen and oxygen atoms in total. The van der Waals surface area contributed by atoms with Crippen molar-refractivity contribution in [1.29, 1.82) is 0 Å². The second kappa shape index (κ2) is 4.02. The second-order valence-electron chi connectivity index (χ2n) is 2.92. The summed E-state index contributed by atoms with van der Waals surface area (Å²) < 4.78 is 5.57. The maximum absolute atomic E-state index is 5.57. The fourth-order valence-electron chi connectivity index (χ4n) is 1.23. The highest BCUT2D eigenvalue weighted by Gasteiger charge is 2.03. The number of furan rings is 1. The molecule has 72 valence electrons. The van der Waals surface area contributed by atoms with Crippen LogP contribution in [0.15, 0.2) is 35.3 Å². The molecule has 1 N–H and O–H groups in total. The summed E-state index contributed by atoms with van der Waals surface area (Å²) in [5.74, 6) is 1.71. The quantitative estimate of drug-likeness (QED) is 0.794. The van der Waals surface area contributed by atoms with Gasteiger partial charge in [0.1, 0.15) is 17.8 Å². The average Bonchev–Trinajstić information content (AvgIpc) is 2.68. The first-order valence-electron chi connectivity index (χ1n) is 4.39. The Bertz CT molecular complexity index is 397. The Morgan fingerprint density at radius 3 is 2.79 bits per heavy atom. The fraction of sp³-hybridized carbons (Fsp3) is 0.200. The van der Waals surface area contributed by atoms with Crippen molar-refractivity contribution in [2.75, 3.05) is 7.05 Å². The molecule has 0 atom stereocenters. The molecule has 0 aromatic carbocycles. The third kappa shape index (κ3) is 1.80. The van der Waals surface area contributed by atoms with E-state index in [1.807, 2.05) is 19.2 Å². The zero-order valence-electron chi connectivity index (χ0n) is 7.90. The van der Waals surface area contributed by atoms with E-state index in [1.54, 1.807) is 12.4 Å². The highest BCUT2D eigenvalue weighted by molar-refractivity contribution is 5.54. The Balaban J connectivity index is 2.25. The van der Waals surface area contributed by atoms with Crippen molar-refractivity contribution in [1.82, 2.24) is 15.3 Å². The van der Waals surface area contributed by atoms with Gasteiger partial charge in [-0.25, -0.2) is 9.97 Å². The van der Waals surface area contributed by atoms with Crippen LogP contribution >= 0.6 is 0 Å². The molecule has 2 heterocycles. The van der Waals surface area contributed by atoms with Crippen LogP contribution in [0.3, 0.4) is 0 Å². The third-order valence-electron chi connectivity index (χ3n) is 1.86. The van der Waals surface area contributed by atoms with Crippen LogP contribution in [0.25, 0.3) is 11.3 Å². The van der Waals surface area contributed by atoms with Gasteiger partial charge in [0.15, 0.2) is 0 Å². The molecule has 0 bridgehead atoms. The largest absolute Gasteiger partial charge is 0.460 e. The summed E-state index contributed by atoms with van der Waals surface area (Å²) in [4.78, 5) is 7.86. The van der Waals surface area contributed by atoms with Crippen LogP contribution in [0.1, 0.15) is 5.76 Å². The van der Waals surface area contributed by atoms with Gasteiger partial charge in [-0.3, -0.25) is 0 Å². The van der Waals surface area contributed by atoms with Gasteiger partial charge in [-0.2, -0.15) is 0 Å². The Labute approximate surface area is 82.0 Å². The van der Waals surface area contributed by atoms with Gasteiger partial charge in [0, 0.05) is 12.4 Å². The predicted octanol–water partition coefficient (Wildman–Crippen LogP) is 1.46. The molecule has 0 saturated carbocycles. The smallest absolute Gasteiger partial charge is 0.137 e. The maximum atomic E-state index is 5.57. The second-order valence-corrected chi connectivity index (χ2v) is 2.92. The van der Waals surface area contributed by atoms with E-state index >= 15 is 0 Å². The summed E-state index contributed by atoms with van der Waals surface area (Å²) in [5.41, 5.74) is 0.898. The highest BCUT2D eigenvalue weighted by Crippen LogP contribution is 2.19. The molecule has 0 saturated heterocycles. The number of hydrogen-bond donors (Lipinski definition) is 1. The minimum Gasteiger partial charge on any atom is -0.460 e. The predicted molar refractivity (Wildman–Crippen MR) is 52.5 cm³/mol. The van der Waals surface area contributed by atoms with Gasteiger partial charge >= 0.3 is 0 Å². The zero-order chi connectivity index (χ0) is 9.80. The molecule has 0 amide bonds. The van der Waals surface area contributed by atoms with Gasteiger partial charge in [-0.1, -0.05) is 0 Å². The number of nitrogens with one attached hydrogen (secondary N) is 1. The Kier molecular flexibility index (Phi) is 2.55. The van der Waals surface area contributed by atoms with Crippen LogP contribution in [-0.4, -0.2) is 17.0 Å². The van der Waals surface area contributed by atoms with E-state index < -0.39 is 0 Å². The third-order valence-corrected chi connectivity index (χ3v) is 1.86. The molecule has 2 aromatic heterocycles.